The van der Waals surface area contributed by atoms with Crippen molar-refractivity contribution in [2.45, 2.75) is 57.3 Å². The Hall–Kier alpha value is -1.69. The summed E-state index contributed by atoms with van der Waals surface area (Å²) in [6.45, 7) is 6.20. The van der Waals surface area contributed by atoms with E-state index in [0.717, 1.165) is 45.4 Å². The second-order valence-electron chi connectivity index (χ2n) is 8.17. The summed E-state index contributed by atoms with van der Waals surface area (Å²) in [5, 5.41) is 7.71. The molecule has 3 heterocycles. The highest BCUT2D eigenvalue weighted by molar-refractivity contribution is 7.07. The summed E-state index contributed by atoms with van der Waals surface area (Å²) in [5.74, 6) is 0.198. The van der Waals surface area contributed by atoms with Crippen LogP contribution in [0.4, 0.5) is 0 Å². The SMILES string of the molecule is C[C@H](C(=O)NC1CCN(Cc2ccccc2)CC1)N1CCC[C@@H]1c1ccsc1. The van der Waals surface area contributed by atoms with Gasteiger partial charge >= 0.3 is 0 Å². The molecule has 1 N–H and O–H groups in total. The second kappa shape index (κ2) is 9.21. The van der Waals surface area contributed by atoms with Gasteiger partial charge in [0.15, 0.2) is 0 Å². The van der Waals surface area contributed by atoms with E-state index in [1.54, 1.807) is 11.3 Å². The zero-order valence-electron chi connectivity index (χ0n) is 16.7. The quantitative estimate of drug-likeness (QED) is 0.799. The van der Waals surface area contributed by atoms with Gasteiger partial charge in [-0.3, -0.25) is 14.6 Å². The smallest absolute Gasteiger partial charge is 0.237 e. The first-order valence-corrected chi connectivity index (χ1v) is 11.5. The Morgan fingerprint density at radius 3 is 2.64 bits per heavy atom. The number of nitrogens with zero attached hydrogens (tertiary/aromatic N) is 2. The van der Waals surface area contributed by atoms with Crippen LogP contribution in [0.5, 0.6) is 0 Å². The van der Waals surface area contributed by atoms with Gasteiger partial charge in [0.2, 0.25) is 5.91 Å². The third-order valence-corrected chi connectivity index (χ3v) is 6.98. The van der Waals surface area contributed by atoms with Gasteiger partial charge in [-0.1, -0.05) is 30.3 Å². The Balaban J connectivity index is 1.26. The van der Waals surface area contributed by atoms with E-state index >= 15 is 0 Å². The van der Waals surface area contributed by atoms with E-state index in [1.807, 2.05) is 0 Å². The van der Waals surface area contributed by atoms with Crippen molar-refractivity contribution < 1.29 is 4.79 Å². The molecule has 150 valence electrons. The monoisotopic (exact) mass is 397 g/mol. The summed E-state index contributed by atoms with van der Waals surface area (Å²) < 4.78 is 0. The predicted molar refractivity (Wildman–Crippen MR) is 115 cm³/mol. The standard InChI is InChI=1S/C23H31N3OS/c1-18(26-12-5-8-22(26)20-11-15-28-17-20)23(27)24-21-9-13-25(14-10-21)16-19-6-3-2-4-7-19/h2-4,6-7,11,15,17-18,21-22H,5,8-10,12-14,16H2,1H3,(H,24,27)/t18-,22-/m1/s1. The molecule has 1 aromatic heterocycles. The molecule has 1 aromatic carbocycles. The number of nitrogens with one attached hydrogen (secondary N) is 1. The normalized spacial score (nSPS) is 23.0. The molecule has 2 fully saturated rings. The van der Waals surface area contributed by atoms with Gasteiger partial charge in [-0.25, -0.2) is 0 Å². The molecule has 0 aliphatic carbocycles. The maximum absolute atomic E-state index is 12.9. The highest BCUT2D eigenvalue weighted by atomic mass is 32.1. The van der Waals surface area contributed by atoms with Crippen molar-refractivity contribution in [3.05, 3.63) is 58.3 Å². The number of hydrogen-bond acceptors (Lipinski definition) is 4. The molecular formula is C23H31N3OS. The minimum Gasteiger partial charge on any atom is -0.352 e. The number of thiophene rings is 1. The molecule has 0 bridgehead atoms. The predicted octanol–water partition coefficient (Wildman–Crippen LogP) is 4.05. The van der Waals surface area contributed by atoms with Crippen molar-refractivity contribution >= 4 is 17.2 Å². The third kappa shape index (κ3) is 4.65. The van der Waals surface area contributed by atoms with E-state index in [4.69, 9.17) is 0 Å². The summed E-state index contributed by atoms with van der Waals surface area (Å²) in [4.78, 5) is 17.8. The topological polar surface area (TPSA) is 35.6 Å². The molecule has 0 spiro atoms. The van der Waals surface area contributed by atoms with E-state index < -0.39 is 0 Å². The maximum atomic E-state index is 12.9. The fraction of sp³-hybridized carbons (Fsp3) is 0.522. The van der Waals surface area contributed by atoms with Gasteiger partial charge in [-0.05, 0) is 67.1 Å². The number of carbonyl (C=O) groups excluding carboxylic acids is 1. The van der Waals surface area contributed by atoms with Gasteiger partial charge < -0.3 is 5.32 Å². The van der Waals surface area contributed by atoms with E-state index in [2.05, 4.69) is 69.2 Å². The summed E-state index contributed by atoms with van der Waals surface area (Å²) >= 11 is 1.75. The number of piperidine rings is 1. The molecule has 28 heavy (non-hydrogen) atoms. The van der Waals surface area contributed by atoms with Crippen LogP contribution in [0.15, 0.2) is 47.2 Å². The van der Waals surface area contributed by atoms with Gasteiger partial charge in [0, 0.05) is 31.7 Å². The first-order chi connectivity index (χ1) is 13.7. The summed E-state index contributed by atoms with van der Waals surface area (Å²) in [5.41, 5.74) is 2.74. The Labute approximate surface area is 172 Å². The lowest BCUT2D eigenvalue weighted by molar-refractivity contribution is -0.127. The largest absolute Gasteiger partial charge is 0.352 e. The molecule has 1 amide bonds. The highest BCUT2D eigenvalue weighted by Gasteiger charge is 2.34. The molecule has 0 radical (unpaired) electrons. The molecule has 0 unspecified atom stereocenters. The Morgan fingerprint density at radius 1 is 1.14 bits per heavy atom. The van der Waals surface area contributed by atoms with Crippen molar-refractivity contribution in [2.75, 3.05) is 19.6 Å². The summed E-state index contributed by atoms with van der Waals surface area (Å²) in [6, 6.07) is 13.5. The average molecular weight is 398 g/mol. The van der Waals surface area contributed by atoms with Crippen LogP contribution in [0, 0.1) is 0 Å². The molecule has 0 saturated carbocycles. The van der Waals surface area contributed by atoms with Crippen molar-refractivity contribution in [3.8, 4) is 0 Å². The molecule has 2 atom stereocenters. The zero-order valence-corrected chi connectivity index (χ0v) is 17.5. The lowest BCUT2D eigenvalue weighted by Crippen LogP contribution is -2.50. The minimum atomic E-state index is -0.0604. The van der Waals surface area contributed by atoms with Gasteiger partial charge in [0.1, 0.15) is 0 Å². The van der Waals surface area contributed by atoms with Crippen LogP contribution in [0.2, 0.25) is 0 Å². The average Bonchev–Trinajstić information content (AvgIpc) is 3.41. The van der Waals surface area contributed by atoms with Crippen molar-refractivity contribution in [1.82, 2.24) is 15.1 Å². The van der Waals surface area contributed by atoms with E-state index in [0.29, 0.717) is 12.1 Å². The Kier molecular flexibility index (Phi) is 6.45. The van der Waals surface area contributed by atoms with E-state index in [1.165, 1.54) is 17.5 Å². The van der Waals surface area contributed by atoms with Gasteiger partial charge in [0.25, 0.3) is 0 Å². The van der Waals surface area contributed by atoms with Crippen LogP contribution in [-0.4, -0.2) is 47.4 Å². The fourth-order valence-corrected chi connectivity index (χ4v) is 5.33. The summed E-state index contributed by atoms with van der Waals surface area (Å²) in [6.07, 6.45) is 4.42. The van der Waals surface area contributed by atoms with Crippen molar-refractivity contribution in [2.24, 2.45) is 0 Å². The van der Waals surface area contributed by atoms with Crippen LogP contribution in [-0.2, 0) is 11.3 Å². The number of benzene rings is 1. The van der Waals surface area contributed by atoms with Crippen LogP contribution in [0.1, 0.15) is 49.8 Å². The second-order valence-corrected chi connectivity index (χ2v) is 8.95. The van der Waals surface area contributed by atoms with Gasteiger partial charge in [-0.15, -0.1) is 0 Å². The van der Waals surface area contributed by atoms with Crippen LogP contribution < -0.4 is 5.32 Å². The van der Waals surface area contributed by atoms with Crippen molar-refractivity contribution in [3.63, 3.8) is 0 Å². The molecule has 4 nitrogen and oxygen atoms in total. The van der Waals surface area contributed by atoms with Crippen LogP contribution in [0.3, 0.4) is 0 Å². The van der Waals surface area contributed by atoms with Gasteiger partial charge in [0.05, 0.1) is 6.04 Å². The summed E-state index contributed by atoms with van der Waals surface area (Å²) in [7, 11) is 0. The molecule has 4 rings (SSSR count). The number of likely N-dealkylation sites (tertiary alicyclic amines) is 2. The molecule has 2 aromatic rings. The lowest BCUT2D eigenvalue weighted by Gasteiger charge is -2.35. The third-order valence-electron chi connectivity index (χ3n) is 6.28. The molecular weight excluding hydrogens is 366 g/mol. The first kappa shape index (κ1) is 19.6. The lowest BCUT2D eigenvalue weighted by atomic mass is 10.0. The molecule has 5 heteroatoms. The van der Waals surface area contributed by atoms with Crippen LogP contribution in [0.25, 0.3) is 0 Å². The number of rotatable bonds is 6. The number of hydrogen-bond donors (Lipinski definition) is 1. The van der Waals surface area contributed by atoms with Gasteiger partial charge in [-0.2, -0.15) is 11.3 Å². The Bertz CT molecular complexity index is 740. The molecule has 2 aliphatic rings. The van der Waals surface area contributed by atoms with E-state index in [-0.39, 0.29) is 11.9 Å². The molecule has 2 aliphatic heterocycles. The van der Waals surface area contributed by atoms with Crippen LogP contribution >= 0.6 is 11.3 Å². The highest BCUT2D eigenvalue weighted by Crippen LogP contribution is 2.34. The minimum absolute atomic E-state index is 0.0604. The molecule has 2 saturated heterocycles. The Morgan fingerprint density at radius 2 is 1.93 bits per heavy atom. The van der Waals surface area contributed by atoms with E-state index in [9.17, 15) is 4.79 Å². The first-order valence-electron chi connectivity index (χ1n) is 10.5. The van der Waals surface area contributed by atoms with Crippen molar-refractivity contribution in [1.29, 1.82) is 0 Å². The fourth-order valence-electron chi connectivity index (χ4n) is 4.62. The number of carbonyl (C=O) groups is 1. The zero-order chi connectivity index (χ0) is 19.3. The number of amides is 1. The maximum Gasteiger partial charge on any atom is 0.237 e.